The lowest BCUT2D eigenvalue weighted by Gasteiger charge is -2.11. The molecule has 2 N–H and O–H groups in total. The van der Waals surface area contributed by atoms with Crippen molar-refractivity contribution in [1.29, 1.82) is 0 Å². The van der Waals surface area contributed by atoms with E-state index in [1.807, 2.05) is 30.3 Å². The minimum atomic E-state index is -0.747. The molecule has 3 nitrogen and oxygen atoms in total. The maximum atomic E-state index is 10.7. The molecule has 0 spiro atoms. The van der Waals surface area contributed by atoms with Gasteiger partial charge in [0.25, 0.3) is 0 Å². The Bertz CT molecular complexity index is 329. The molecule has 1 fully saturated rings. The zero-order valence-electron chi connectivity index (χ0n) is 8.22. The average Bonchev–Trinajstić information content (AvgIpc) is 2.68. The van der Waals surface area contributed by atoms with Crippen molar-refractivity contribution in [2.45, 2.75) is 24.9 Å². The first-order chi connectivity index (χ1) is 6.77. The molecule has 82 valence electrons. The van der Waals surface area contributed by atoms with Gasteiger partial charge in [-0.25, -0.2) is 0 Å². The molecular weight excluding hydrogens is 214 g/mol. The minimum absolute atomic E-state index is 0. The zero-order chi connectivity index (χ0) is 9.97. The molecule has 1 saturated heterocycles. The second kappa shape index (κ2) is 5.14. The topological polar surface area (TPSA) is 49.3 Å². The Kier molecular flexibility index (Phi) is 4.12. The third kappa shape index (κ3) is 2.70. The van der Waals surface area contributed by atoms with Crippen molar-refractivity contribution < 1.29 is 9.90 Å². The number of halogens is 1. The highest BCUT2D eigenvalue weighted by atomic mass is 35.5. The summed E-state index contributed by atoms with van der Waals surface area (Å²) in [5, 5.41) is 11.9. The standard InChI is InChI=1S/C11H13NO2.ClH/c13-11(14)10-7-6-9(12-10)8-4-2-1-3-5-8;/h1-5,9-10,12H,6-7H2,(H,13,14);1H. The van der Waals surface area contributed by atoms with Crippen molar-refractivity contribution in [3.8, 4) is 0 Å². The highest BCUT2D eigenvalue weighted by Gasteiger charge is 2.29. The molecule has 4 heteroatoms. The van der Waals surface area contributed by atoms with Gasteiger partial charge in [-0.15, -0.1) is 12.4 Å². The lowest BCUT2D eigenvalue weighted by molar-refractivity contribution is -0.139. The van der Waals surface area contributed by atoms with Gasteiger partial charge in [0.15, 0.2) is 0 Å². The van der Waals surface area contributed by atoms with E-state index in [0.717, 1.165) is 12.8 Å². The number of carboxylic acids is 1. The number of carbonyl (C=O) groups is 1. The second-order valence-electron chi connectivity index (χ2n) is 3.60. The monoisotopic (exact) mass is 227 g/mol. The quantitative estimate of drug-likeness (QED) is 0.813. The van der Waals surface area contributed by atoms with Gasteiger partial charge < -0.3 is 5.11 Å². The SMILES string of the molecule is Cl.O=C(O)C1CCC(c2ccccc2)N1. The summed E-state index contributed by atoms with van der Waals surface area (Å²) in [6.07, 6.45) is 1.62. The lowest BCUT2D eigenvalue weighted by Crippen LogP contribution is -2.31. The first-order valence-electron chi connectivity index (χ1n) is 4.81. The van der Waals surface area contributed by atoms with Crippen LogP contribution in [0.1, 0.15) is 24.4 Å². The summed E-state index contributed by atoms with van der Waals surface area (Å²) < 4.78 is 0. The molecule has 0 radical (unpaired) electrons. The molecule has 1 aromatic carbocycles. The third-order valence-electron chi connectivity index (χ3n) is 2.65. The summed E-state index contributed by atoms with van der Waals surface area (Å²) in [7, 11) is 0. The van der Waals surface area contributed by atoms with Crippen LogP contribution in [0.15, 0.2) is 30.3 Å². The van der Waals surface area contributed by atoms with Gasteiger partial charge in [-0.2, -0.15) is 0 Å². The van der Waals surface area contributed by atoms with Gasteiger partial charge in [-0.1, -0.05) is 30.3 Å². The van der Waals surface area contributed by atoms with E-state index in [4.69, 9.17) is 5.11 Å². The lowest BCUT2D eigenvalue weighted by atomic mass is 10.1. The molecular formula is C11H14ClNO2. The minimum Gasteiger partial charge on any atom is -0.480 e. The van der Waals surface area contributed by atoms with Gasteiger partial charge >= 0.3 is 5.97 Å². The molecule has 0 amide bonds. The van der Waals surface area contributed by atoms with Crippen molar-refractivity contribution in [3.63, 3.8) is 0 Å². The van der Waals surface area contributed by atoms with Gasteiger partial charge in [-0.05, 0) is 18.4 Å². The molecule has 1 aliphatic rings. The van der Waals surface area contributed by atoms with Crippen molar-refractivity contribution in [3.05, 3.63) is 35.9 Å². The fourth-order valence-corrected chi connectivity index (χ4v) is 1.89. The molecule has 2 unspecified atom stereocenters. The molecule has 1 aromatic rings. The number of aliphatic carboxylic acids is 1. The molecule has 15 heavy (non-hydrogen) atoms. The molecule has 0 aliphatic carbocycles. The fraction of sp³-hybridized carbons (Fsp3) is 0.364. The predicted octanol–water partition coefficient (Wildman–Crippen LogP) is 1.99. The number of carboxylic acid groups (broad SMARTS) is 1. The predicted molar refractivity (Wildman–Crippen MR) is 60.2 cm³/mol. The first-order valence-corrected chi connectivity index (χ1v) is 4.81. The van der Waals surface area contributed by atoms with Crippen LogP contribution in [0.5, 0.6) is 0 Å². The van der Waals surface area contributed by atoms with Crippen molar-refractivity contribution in [2.75, 3.05) is 0 Å². The summed E-state index contributed by atoms with van der Waals surface area (Å²) in [6, 6.07) is 9.81. The van der Waals surface area contributed by atoms with Gasteiger partial charge in [0.05, 0.1) is 0 Å². The van der Waals surface area contributed by atoms with Crippen LogP contribution in [-0.4, -0.2) is 17.1 Å². The summed E-state index contributed by atoms with van der Waals surface area (Å²) in [5.74, 6) is -0.747. The average molecular weight is 228 g/mol. The van der Waals surface area contributed by atoms with E-state index in [-0.39, 0.29) is 24.5 Å². The summed E-state index contributed by atoms with van der Waals surface area (Å²) >= 11 is 0. The summed E-state index contributed by atoms with van der Waals surface area (Å²) in [4.78, 5) is 10.7. The highest BCUT2D eigenvalue weighted by molar-refractivity contribution is 5.85. The van der Waals surface area contributed by atoms with E-state index in [0.29, 0.717) is 0 Å². The Morgan fingerprint density at radius 3 is 2.47 bits per heavy atom. The van der Waals surface area contributed by atoms with Crippen molar-refractivity contribution in [1.82, 2.24) is 5.32 Å². The van der Waals surface area contributed by atoms with E-state index < -0.39 is 5.97 Å². The van der Waals surface area contributed by atoms with Crippen LogP contribution in [0.2, 0.25) is 0 Å². The number of rotatable bonds is 2. The number of hydrogen-bond acceptors (Lipinski definition) is 2. The van der Waals surface area contributed by atoms with Crippen molar-refractivity contribution in [2.24, 2.45) is 0 Å². The van der Waals surface area contributed by atoms with Crippen LogP contribution in [0, 0.1) is 0 Å². The van der Waals surface area contributed by atoms with E-state index in [2.05, 4.69) is 5.32 Å². The number of nitrogens with one attached hydrogen (secondary N) is 1. The number of benzene rings is 1. The zero-order valence-corrected chi connectivity index (χ0v) is 9.04. The third-order valence-corrected chi connectivity index (χ3v) is 2.65. The van der Waals surface area contributed by atoms with Gasteiger partial charge in [0, 0.05) is 6.04 Å². The molecule has 2 atom stereocenters. The largest absolute Gasteiger partial charge is 0.480 e. The van der Waals surface area contributed by atoms with E-state index in [1.165, 1.54) is 5.56 Å². The van der Waals surface area contributed by atoms with Crippen LogP contribution in [0.25, 0.3) is 0 Å². The van der Waals surface area contributed by atoms with Crippen LogP contribution < -0.4 is 5.32 Å². The van der Waals surface area contributed by atoms with E-state index >= 15 is 0 Å². The normalized spacial score (nSPS) is 24.5. The first kappa shape index (κ1) is 12.0. The van der Waals surface area contributed by atoms with Crippen LogP contribution in [0.4, 0.5) is 0 Å². The van der Waals surface area contributed by atoms with Crippen molar-refractivity contribution >= 4 is 18.4 Å². The molecule has 2 rings (SSSR count). The molecule has 1 aliphatic heterocycles. The second-order valence-corrected chi connectivity index (χ2v) is 3.60. The molecule has 1 heterocycles. The Hall–Kier alpha value is -1.06. The van der Waals surface area contributed by atoms with Gasteiger partial charge in [-0.3, -0.25) is 10.1 Å². The molecule has 0 saturated carbocycles. The van der Waals surface area contributed by atoms with Crippen LogP contribution in [0.3, 0.4) is 0 Å². The van der Waals surface area contributed by atoms with Crippen LogP contribution in [-0.2, 0) is 4.79 Å². The fourth-order valence-electron chi connectivity index (χ4n) is 1.89. The number of hydrogen-bond donors (Lipinski definition) is 2. The molecule has 0 aromatic heterocycles. The summed E-state index contributed by atoms with van der Waals surface area (Å²) in [6.45, 7) is 0. The maximum Gasteiger partial charge on any atom is 0.320 e. The van der Waals surface area contributed by atoms with E-state index in [9.17, 15) is 4.79 Å². The van der Waals surface area contributed by atoms with E-state index in [1.54, 1.807) is 0 Å². The molecule has 0 bridgehead atoms. The van der Waals surface area contributed by atoms with Gasteiger partial charge in [0.2, 0.25) is 0 Å². The van der Waals surface area contributed by atoms with Gasteiger partial charge in [0.1, 0.15) is 6.04 Å². The Labute approximate surface area is 94.9 Å². The summed E-state index contributed by atoms with van der Waals surface area (Å²) in [5.41, 5.74) is 1.18. The van der Waals surface area contributed by atoms with Crippen LogP contribution >= 0.6 is 12.4 Å². The Morgan fingerprint density at radius 1 is 1.27 bits per heavy atom. The Morgan fingerprint density at radius 2 is 1.93 bits per heavy atom. The maximum absolute atomic E-state index is 10.7. The Balaban J connectivity index is 0.00000112. The highest BCUT2D eigenvalue weighted by Crippen LogP contribution is 2.26. The smallest absolute Gasteiger partial charge is 0.320 e.